The zero-order valence-corrected chi connectivity index (χ0v) is 18.6. The molecule has 0 bridgehead atoms. The Morgan fingerprint density at radius 1 is 0.968 bits per heavy atom. The van der Waals surface area contributed by atoms with E-state index in [0.29, 0.717) is 12.6 Å². The summed E-state index contributed by atoms with van der Waals surface area (Å²) in [5.74, 6) is 2.63. The summed E-state index contributed by atoms with van der Waals surface area (Å²) < 4.78 is 17.2. The Morgan fingerprint density at radius 3 is 2.58 bits per heavy atom. The van der Waals surface area contributed by atoms with E-state index in [1.54, 1.807) is 14.2 Å². The van der Waals surface area contributed by atoms with Crippen LogP contribution in [0.3, 0.4) is 0 Å². The lowest BCUT2D eigenvalue weighted by Gasteiger charge is -2.35. The van der Waals surface area contributed by atoms with Crippen molar-refractivity contribution in [2.24, 2.45) is 0 Å². The summed E-state index contributed by atoms with van der Waals surface area (Å²) in [6, 6.07) is 19.1. The summed E-state index contributed by atoms with van der Waals surface area (Å²) in [6.45, 7) is 4.78. The molecule has 0 radical (unpaired) electrons. The second-order valence-corrected chi connectivity index (χ2v) is 8.04. The van der Waals surface area contributed by atoms with Crippen molar-refractivity contribution in [1.82, 2.24) is 4.90 Å². The van der Waals surface area contributed by atoms with E-state index in [1.807, 2.05) is 24.3 Å². The Hall–Kier alpha value is -2.98. The third kappa shape index (κ3) is 5.02. The van der Waals surface area contributed by atoms with Crippen LogP contribution in [0.2, 0.25) is 0 Å². The van der Waals surface area contributed by atoms with Crippen molar-refractivity contribution in [2.75, 3.05) is 27.3 Å². The lowest BCUT2D eigenvalue weighted by atomic mass is 9.94. The van der Waals surface area contributed by atoms with E-state index in [2.05, 4.69) is 54.3 Å². The molecule has 2 aromatic carbocycles. The molecule has 4 nitrogen and oxygen atoms in total. The molecule has 2 aliphatic rings. The molecule has 1 aliphatic carbocycles. The van der Waals surface area contributed by atoms with Gasteiger partial charge in [-0.1, -0.05) is 48.5 Å². The Labute approximate surface area is 185 Å². The van der Waals surface area contributed by atoms with Crippen LogP contribution in [-0.4, -0.2) is 32.2 Å². The van der Waals surface area contributed by atoms with Gasteiger partial charge >= 0.3 is 0 Å². The van der Waals surface area contributed by atoms with Crippen LogP contribution in [0, 0.1) is 0 Å². The first kappa shape index (κ1) is 21.3. The van der Waals surface area contributed by atoms with Gasteiger partial charge in [-0.05, 0) is 53.8 Å². The van der Waals surface area contributed by atoms with Gasteiger partial charge in [-0.25, -0.2) is 0 Å². The highest BCUT2D eigenvalue weighted by Crippen LogP contribution is 2.34. The van der Waals surface area contributed by atoms with Crippen molar-refractivity contribution < 1.29 is 14.2 Å². The van der Waals surface area contributed by atoms with Crippen molar-refractivity contribution in [3.63, 3.8) is 0 Å². The molecule has 1 saturated heterocycles. The van der Waals surface area contributed by atoms with E-state index >= 15 is 0 Å². The van der Waals surface area contributed by atoms with Gasteiger partial charge in [0.05, 0.1) is 14.2 Å². The zero-order valence-electron chi connectivity index (χ0n) is 18.6. The summed E-state index contributed by atoms with van der Waals surface area (Å²) in [5.41, 5.74) is 5.17. The fourth-order valence-electron chi connectivity index (χ4n) is 4.25. The molecule has 31 heavy (non-hydrogen) atoms. The fourth-order valence-corrected chi connectivity index (χ4v) is 4.25. The minimum Gasteiger partial charge on any atom is -0.497 e. The molecule has 4 rings (SSSR count). The molecule has 0 aromatic heterocycles. The molecule has 1 aliphatic heterocycles. The third-order valence-corrected chi connectivity index (χ3v) is 6.17. The van der Waals surface area contributed by atoms with E-state index in [4.69, 9.17) is 14.2 Å². The van der Waals surface area contributed by atoms with Crippen LogP contribution < -0.4 is 4.74 Å². The van der Waals surface area contributed by atoms with Gasteiger partial charge < -0.3 is 14.2 Å². The van der Waals surface area contributed by atoms with Crippen LogP contribution in [0.5, 0.6) is 5.75 Å². The van der Waals surface area contributed by atoms with Crippen LogP contribution >= 0.6 is 0 Å². The van der Waals surface area contributed by atoms with Gasteiger partial charge in [0, 0.05) is 25.6 Å². The second-order valence-electron chi connectivity index (χ2n) is 8.04. The van der Waals surface area contributed by atoms with E-state index < -0.39 is 0 Å². The topological polar surface area (TPSA) is 30.9 Å². The van der Waals surface area contributed by atoms with Crippen molar-refractivity contribution >= 4 is 0 Å². The Bertz CT molecular complexity index is 991. The molecule has 1 heterocycles. The summed E-state index contributed by atoms with van der Waals surface area (Å²) >= 11 is 0. The van der Waals surface area contributed by atoms with E-state index in [1.165, 1.54) is 22.3 Å². The second kappa shape index (κ2) is 9.88. The van der Waals surface area contributed by atoms with E-state index in [0.717, 1.165) is 43.2 Å². The number of likely N-dealkylation sites (tertiary alicyclic amines) is 1. The van der Waals surface area contributed by atoms with Gasteiger partial charge in [-0.2, -0.15) is 0 Å². The minimum atomic E-state index is 0.294. The third-order valence-electron chi connectivity index (χ3n) is 6.17. The predicted octanol–water partition coefficient (Wildman–Crippen LogP) is 5.79. The number of rotatable bonds is 7. The van der Waals surface area contributed by atoms with Crippen molar-refractivity contribution in [3.8, 4) is 5.75 Å². The molecule has 1 fully saturated rings. The van der Waals surface area contributed by atoms with Gasteiger partial charge in [0.15, 0.2) is 5.76 Å². The van der Waals surface area contributed by atoms with Crippen molar-refractivity contribution in [3.05, 3.63) is 101 Å². The lowest BCUT2D eigenvalue weighted by molar-refractivity contribution is 0.217. The first-order valence-electron chi connectivity index (χ1n) is 10.9. The molecular formula is C27H31NO3. The standard InChI is InChI=1S/C27H31NO3/c1-20(23-10-7-11-25(16-23)31-19-21-8-5-4-6-9-21)28-15-14-22-12-13-26(29-2)27(30-3)17-24(22)18-28/h4-12,16-17,20H,13-15,18-19H2,1-3H3. The fraction of sp³-hybridized carbons (Fsp3) is 0.333. The van der Waals surface area contributed by atoms with Gasteiger partial charge in [0.1, 0.15) is 18.1 Å². The van der Waals surface area contributed by atoms with Crippen LogP contribution in [0.25, 0.3) is 0 Å². The van der Waals surface area contributed by atoms with Crippen LogP contribution in [0.1, 0.15) is 36.9 Å². The molecular weight excluding hydrogens is 386 g/mol. The molecule has 2 aromatic rings. The van der Waals surface area contributed by atoms with Crippen LogP contribution in [0.4, 0.5) is 0 Å². The van der Waals surface area contributed by atoms with Gasteiger partial charge in [-0.15, -0.1) is 0 Å². The Morgan fingerprint density at radius 2 is 1.81 bits per heavy atom. The number of allylic oxidation sites excluding steroid dienone is 2. The highest BCUT2D eigenvalue weighted by molar-refractivity contribution is 5.43. The average Bonchev–Trinajstić information content (AvgIpc) is 3.01. The summed E-state index contributed by atoms with van der Waals surface area (Å²) in [7, 11) is 3.42. The van der Waals surface area contributed by atoms with Gasteiger partial charge in [0.25, 0.3) is 0 Å². The normalized spacial score (nSPS) is 17.8. The average molecular weight is 418 g/mol. The number of fused-ring (bicyclic) bond motifs is 1. The SMILES string of the molecule is COC1=C(OC)CC=C2CCN(C(C)c3cccc(OCc4ccccc4)c3)CC2=C1. The maximum absolute atomic E-state index is 6.05. The molecule has 4 heteroatoms. The minimum absolute atomic E-state index is 0.294. The molecule has 162 valence electrons. The smallest absolute Gasteiger partial charge is 0.157 e. The Kier molecular flexibility index (Phi) is 6.78. The molecule has 0 saturated carbocycles. The lowest BCUT2D eigenvalue weighted by Crippen LogP contribution is -2.34. The Balaban J connectivity index is 1.47. The number of nitrogens with zero attached hydrogens (tertiary/aromatic N) is 1. The van der Waals surface area contributed by atoms with E-state index in [9.17, 15) is 0 Å². The number of ether oxygens (including phenoxy) is 3. The quantitative estimate of drug-likeness (QED) is 0.570. The molecule has 0 N–H and O–H groups in total. The molecule has 1 unspecified atom stereocenters. The summed E-state index contributed by atoms with van der Waals surface area (Å²) in [4.78, 5) is 2.52. The monoisotopic (exact) mass is 417 g/mol. The summed E-state index contributed by atoms with van der Waals surface area (Å²) in [5, 5.41) is 0. The largest absolute Gasteiger partial charge is 0.497 e. The van der Waals surface area contributed by atoms with Crippen LogP contribution in [-0.2, 0) is 16.1 Å². The van der Waals surface area contributed by atoms with E-state index in [-0.39, 0.29) is 0 Å². The molecule has 0 amide bonds. The number of hydrogen-bond acceptors (Lipinski definition) is 4. The first-order valence-corrected chi connectivity index (χ1v) is 10.9. The number of methoxy groups -OCH3 is 2. The van der Waals surface area contributed by atoms with Crippen molar-refractivity contribution in [2.45, 2.75) is 32.4 Å². The predicted molar refractivity (Wildman–Crippen MR) is 124 cm³/mol. The van der Waals surface area contributed by atoms with Gasteiger partial charge in [-0.3, -0.25) is 4.90 Å². The van der Waals surface area contributed by atoms with Gasteiger partial charge in [0.2, 0.25) is 0 Å². The number of hydrogen-bond donors (Lipinski definition) is 0. The first-order chi connectivity index (χ1) is 15.2. The maximum atomic E-state index is 6.05. The highest BCUT2D eigenvalue weighted by Gasteiger charge is 2.26. The van der Waals surface area contributed by atoms with Crippen LogP contribution in [0.15, 0.2) is 89.4 Å². The number of piperidine rings is 1. The molecule has 0 spiro atoms. The number of benzene rings is 2. The highest BCUT2D eigenvalue weighted by atomic mass is 16.5. The zero-order chi connectivity index (χ0) is 21.6. The van der Waals surface area contributed by atoms with Crippen molar-refractivity contribution in [1.29, 1.82) is 0 Å². The molecule has 1 atom stereocenters. The maximum Gasteiger partial charge on any atom is 0.157 e. The summed E-state index contributed by atoms with van der Waals surface area (Å²) in [6.07, 6.45) is 6.26.